The van der Waals surface area contributed by atoms with Crippen LogP contribution in [0.4, 0.5) is 14.5 Å². The van der Waals surface area contributed by atoms with Crippen LogP contribution in [-0.2, 0) is 9.84 Å². The van der Waals surface area contributed by atoms with Crippen LogP contribution in [0.5, 0.6) is 5.88 Å². The minimum absolute atomic E-state index is 0.00931. The second-order valence-corrected chi connectivity index (χ2v) is 10.4. The van der Waals surface area contributed by atoms with Crippen LogP contribution >= 0.6 is 0 Å². The molecule has 1 aliphatic carbocycles. The summed E-state index contributed by atoms with van der Waals surface area (Å²) in [5.41, 5.74) is 0.699. The Bertz CT molecular complexity index is 857. The predicted octanol–water partition coefficient (Wildman–Crippen LogP) is 2.72. The highest BCUT2D eigenvalue weighted by atomic mass is 32.2. The van der Waals surface area contributed by atoms with Crippen LogP contribution in [0.25, 0.3) is 0 Å². The van der Waals surface area contributed by atoms with E-state index in [0.29, 0.717) is 31.1 Å². The van der Waals surface area contributed by atoms with E-state index in [9.17, 15) is 22.0 Å². The number of hydrogen-bond acceptors (Lipinski definition) is 6. The molecule has 0 unspecified atom stereocenters. The molecule has 0 atom stereocenters. The first kappa shape index (κ1) is 19.5. The maximum absolute atomic E-state index is 13.6. The number of aromatic nitrogens is 1. The number of carbonyl (C=O) groups excluding carboxylic acids is 1. The van der Waals surface area contributed by atoms with Crippen molar-refractivity contribution in [2.24, 2.45) is 11.8 Å². The van der Waals surface area contributed by atoms with Crippen LogP contribution in [0.1, 0.15) is 42.6 Å². The van der Waals surface area contributed by atoms with E-state index in [1.165, 1.54) is 0 Å². The summed E-state index contributed by atoms with van der Waals surface area (Å²) in [6.07, 6.45) is 2.52. The number of rotatable bonds is 6. The number of sulfone groups is 1. The van der Waals surface area contributed by atoms with Crippen LogP contribution < -0.4 is 9.64 Å². The lowest BCUT2D eigenvalue weighted by molar-refractivity contribution is 0.0257. The Morgan fingerprint density at radius 2 is 1.93 bits per heavy atom. The quantitative estimate of drug-likeness (QED) is 0.667. The predicted molar refractivity (Wildman–Crippen MR) is 99.9 cm³/mol. The molecule has 3 heterocycles. The van der Waals surface area contributed by atoms with Crippen molar-refractivity contribution < 1.29 is 26.7 Å². The average Bonchev–Trinajstić information content (AvgIpc) is 3.41. The van der Waals surface area contributed by atoms with Crippen molar-refractivity contribution in [1.82, 2.24) is 4.98 Å². The highest BCUT2D eigenvalue weighted by Crippen LogP contribution is 2.37. The van der Waals surface area contributed by atoms with Gasteiger partial charge in [0.05, 0.1) is 24.7 Å². The zero-order valence-corrected chi connectivity index (χ0v) is 16.4. The smallest absolute Gasteiger partial charge is 0.266 e. The maximum Gasteiger partial charge on any atom is 0.266 e. The molecular formula is C19H24F2N2O4S. The van der Waals surface area contributed by atoms with E-state index >= 15 is 0 Å². The number of carbonyl (C=O) groups is 1. The first-order valence-corrected chi connectivity index (χ1v) is 11.6. The Labute approximate surface area is 163 Å². The van der Waals surface area contributed by atoms with Gasteiger partial charge in [-0.25, -0.2) is 22.2 Å². The van der Waals surface area contributed by atoms with Crippen LogP contribution in [0.15, 0.2) is 12.1 Å². The number of nitrogens with zero attached hydrogens (tertiary/aromatic N) is 2. The first-order chi connectivity index (χ1) is 13.2. The largest absolute Gasteiger partial charge is 0.476 e. The van der Waals surface area contributed by atoms with Gasteiger partial charge in [0.1, 0.15) is 21.2 Å². The van der Waals surface area contributed by atoms with Crippen molar-refractivity contribution in [2.75, 3.05) is 36.1 Å². The molecule has 0 bridgehead atoms. The van der Waals surface area contributed by atoms with E-state index in [-0.39, 0.29) is 54.3 Å². The average molecular weight is 414 g/mol. The molecule has 0 radical (unpaired) electrons. The molecule has 2 saturated heterocycles. The summed E-state index contributed by atoms with van der Waals surface area (Å²) in [4.78, 5) is 18.7. The standard InChI is InChI=1S/C19H24F2N2O4S/c20-19(21)7-8-23(12-19)16-4-3-15(22-18(16)27-11-13-1-2-13)17(24)14-5-9-28(25,26)10-6-14/h3-4,13-14H,1-2,5-12H2. The van der Waals surface area contributed by atoms with Crippen LogP contribution in [0, 0.1) is 11.8 Å². The highest BCUT2D eigenvalue weighted by Gasteiger charge is 2.40. The van der Waals surface area contributed by atoms with Gasteiger partial charge >= 0.3 is 0 Å². The Morgan fingerprint density at radius 1 is 1.21 bits per heavy atom. The van der Waals surface area contributed by atoms with E-state index in [1.807, 2.05) is 0 Å². The van der Waals surface area contributed by atoms with E-state index in [2.05, 4.69) is 4.98 Å². The molecule has 1 aromatic heterocycles. The summed E-state index contributed by atoms with van der Waals surface area (Å²) < 4.78 is 56.3. The maximum atomic E-state index is 13.6. The fraction of sp³-hybridized carbons (Fsp3) is 0.684. The Balaban J connectivity index is 1.54. The van der Waals surface area contributed by atoms with Crippen molar-refractivity contribution in [3.8, 4) is 5.88 Å². The Morgan fingerprint density at radius 3 is 2.54 bits per heavy atom. The van der Waals surface area contributed by atoms with Gasteiger partial charge in [-0.05, 0) is 43.7 Å². The third-order valence-corrected chi connectivity index (χ3v) is 7.40. The normalized spacial score (nSPS) is 24.3. The third-order valence-electron chi connectivity index (χ3n) is 5.68. The summed E-state index contributed by atoms with van der Waals surface area (Å²) in [6.45, 7) is 0.286. The van der Waals surface area contributed by atoms with Crippen molar-refractivity contribution in [1.29, 1.82) is 0 Å². The molecule has 4 rings (SSSR count). The van der Waals surface area contributed by atoms with Crippen LogP contribution in [0.3, 0.4) is 0 Å². The summed E-state index contributed by atoms with van der Waals surface area (Å²) >= 11 is 0. The second kappa shape index (κ2) is 7.24. The fourth-order valence-electron chi connectivity index (χ4n) is 3.70. The summed E-state index contributed by atoms with van der Waals surface area (Å²) in [5, 5.41) is 0. The van der Waals surface area contributed by atoms with Gasteiger partial charge in [0.15, 0.2) is 5.78 Å². The highest BCUT2D eigenvalue weighted by molar-refractivity contribution is 7.91. The molecular weight excluding hydrogens is 390 g/mol. The van der Waals surface area contributed by atoms with Crippen molar-refractivity contribution in [2.45, 2.75) is 38.0 Å². The molecule has 28 heavy (non-hydrogen) atoms. The lowest BCUT2D eigenvalue weighted by Gasteiger charge is -2.23. The molecule has 9 heteroatoms. The van der Waals surface area contributed by atoms with Crippen LogP contribution in [0.2, 0.25) is 0 Å². The Kier molecular flexibility index (Phi) is 5.05. The number of pyridine rings is 1. The van der Waals surface area contributed by atoms with Crippen molar-refractivity contribution in [3.63, 3.8) is 0 Å². The minimum Gasteiger partial charge on any atom is -0.476 e. The van der Waals surface area contributed by atoms with E-state index in [1.54, 1.807) is 17.0 Å². The molecule has 0 spiro atoms. The van der Waals surface area contributed by atoms with Gasteiger partial charge in [0.25, 0.3) is 5.92 Å². The SMILES string of the molecule is O=C(c1ccc(N2CCC(F)(F)C2)c(OCC2CC2)n1)C1CCS(=O)(=O)CC1. The van der Waals surface area contributed by atoms with Gasteiger partial charge in [0, 0.05) is 18.9 Å². The number of hydrogen-bond donors (Lipinski definition) is 0. The monoisotopic (exact) mass is 414 g/mol. The first-order valence-electron chi connectivity index (χ1n) is 9.74. The number of Topliss-reactive ketones (excluding diaryl/α,β-unsaturated/α-hetero) is 1. The van der Waals surface area contributed by atoms with Crippen molar-refractivity contribution >= 4 is 21.3 Å². The molecule has 2 aliphatic heterocycles. The Hall–Kier alpha value is -1.77. The molecule has 154 valence electrons. The minimum atomic E-state index is -3.05. The van der Waals surface area contributed by atoms with Gasteiger partial charge in [-0.2, -0.15) is 0 Å². The van der Waals surface area contributed by atoms with Crippen molar-refractivity contribution in [3.05, 3.63) is 17.8 Å². The number of halogens is 2. The molecule has 3 aliphatic rings. The zero-order valence-electron chi connectivity index (χ0n) is 15.6. The molecule has 0 aromatic carbocycles. The molecule has 1 aromatic rings. The number of anilines is 1. The number of alkyl halides is 2. The summed E-state index contributed by atoms with van der Waals surface area (Å²) in [6, 6.07) is 3.17. The third kappa shape index (κ3) is 4.45. The lowest BCUT2D eigenvalue weighted by atomic mass is 9.95. The van der Waals surface area contributed by atoms with Gasteiger partial charge in [-0.3, -0.25) is 4.79 Å². The topological polar surface area (TPSA) is 76.6 Å². The molecule has 1 saturated carbocycles. The van der Waals surface area contributed by atoms with E-state index in [0.717, 1.165) is 12.8 Å². The molecule has 0 N–H and O–H groups in total. The fourth-order valence-corrected chi connectivity index (χ4v) is 5.19. The zero-order chi connectivity index (χ0) is 19.9. The van der Waals surface area contributed by atoms with E-state index in [4.69, 9.17) is 4.74 Å². The summed E-state index contributed by atoms with van der Waals surface area (Å²) in [5.74, 6) is -2.63. The van der Waals surface area contributed by atoms with Gasteiger partial charge in [-0.1, -0.05) is 0 Å². The molecule has 0 amide bonds. The van der Waals surface area contributed by atoms with Gasteiger partial charge < -0.3 is 9.64 Å². The van der Waals surface area contributed by atoms with Gasteiger partial charge in [0.2, 0.25) is 5.88 Å². The summed E-state index contributed by atoms with van der Waals surface area (Å²) in [7, 11) is -3.05. The molecule has 3 fully saturated rings. The number of ether oxygens (including phenoxy) is 1. The number of ketones is 1. The second-order valence-electron chi connectivity index (χ2n) is 8.09. The van der Waals surface area contributed by atoms with Gasteiger partial charge in [-0.15, -0.1) is 0 Å². The van der Waals surface area contributed by atoms with Crippen LogP contribution in [-0.4, -0.2) is 56.3 Å². The van der Waals surface area contributed by atoms with E-state index < -0.39 is 15.8 Å². The molecule has 6 nitrogen and oxygen atoms in total. The lowest BCUT2D eigenvalue weighted by Crippen LogP contribution is -2.29.